The molecule has 0 saturated heterocycles. The van der Waals surface area contributed by atoms with E-state index in [-0.39, 0.29) is 5.82 Å². The molecule has 0 amide bonds. The maximum absolute atomic E-state index is 13.3. The molecule has 0 aliphatic heterocycles. The van der Waals surface area contributed by atoms with Gasteiger partial charge in [0.1, 0.15) is 5.82 Å². The highest BCUT2D eigenvalue weighted by molar-refractivity contribution is 5.30. The van der Waals surface area contributed by atoms with Gasteiger partial charge in [0.25, 0.3) is 0 Å². The van der Waals surface area contributed by atoms with Gasteiger partial charge in [-0.2, -0.15) is 0 Å². The molecule has 0 radical (unpaired) electrons. The van der Waals surface area contributed by atoms with Crippen molar-refractivity contribution in [1.82, 2.24) is 5.43 Å². The van der Waals surface area contributed by atoms with E-state index >= 15 is 0 Å². The van der Waals surface area contributed by atoms with Crippen LogP contribution in [0.3, 0.4) is 0 Å². The third-order valence-electron chi connectivity index (χ3n) is 2.69. The molecule has 1 atom stereocenters. The number of rotatable bonds is 7. The fraction of sp³-hybridized carbons (Fsp3) is 0.538. The lowest BCUT2D eigenvalue weighted by Gasteiger charge is -2.27. The Labute approximate surface area is 107 Å². The van der Waals surface area contributed by atoms with Crippen molar-refractivity contribution in [3.8, 4) is 0 Å². The molecule has 0 spiro atoms. The first kappa shape index (κ1) is 15.0. The molecule has 0 heterocycles. The zero-order valence-electron chi connectivity index (χ0n) is 11.1. The van der Waals surface area contributed by atoms with Crippen LogP contribution in [0.15, 0.2) is 18.2 Å². The van der Waals surface area contributed by atoms with Crippen molar-refractivity contribution in [2.45, 2.75) is 33.1 Å². The van der Waals surface area contributed by atoms with Crippen molar-refractivity contribution in [2.24, 2.45) is 5.84 Å². The highest BCUT2D eigenvalue weighted by atomic mass is 19.1. The molecule has 0 aliphatic rings. The zero-order chi connectivity index (χ0) is 13.5. The van der Waals surface area contributed by atoms with Crippen molar-refractivity contribution in [3.63, 3.8) is 0 Å². The summed E-state index contributed by atoms with van der Waals surface area (Å²) in [6, 6.07) is 4.18. The Kier molecular flexibility index (Phi) is 6.21. The van der Waals surface area contributed by atoms with Crippen LogP contribution in [0.4, 0.5) is 4.39 Å². The summed E-state index contributed by atoms with van der Waals surface area (Å²) < 4.78 is 24.3. The van der Waals surface area contributed by atoms with E-state index in [0.717, 1.165) is 11.1 Å². The van der Waals surface area contributed by atoms with Gasteiger partial charge >= 0.3 is 0 Å². The van der Waals surface area contributed by atoms with E-state index in [2.05, 4.69) is 5.43 Å². The molecular formula is C13H21FN2O2. The van der Waals surface area contributed by atoms with Gasteiger partial charge in [0.2, 0.25) is 0 Å². The second-order valence-corrected chi connectivity index (χ2v) is 3.92. The Hall–Kier alpha value is -1.01. The van der Waals surface area contributed by atoms with Gasteiger partial charge < -0.3 is 9.47 Å². The minimum absolute atomic E-state index is 0.303. The summed E-state index contributed by atoms with van der Waals surface area (Å²) in [5, 5.41) is 0. The summed E-state index contributed by atoms with van der Waals surface area (Å²) in [7, 11) is 0. The predicted octanol–water partition coefficient (Wildman–Crippen LogP) is 2.04. The molecule has 0 aromatic heterocycles. The van der Waals surface area contributed by atoms with Crippen molar-refractivity contribution >= 4 is 0 Å². The molecule has 5 heteroatoms. The van der Waals surface area contributed by atoms with Gasteiger partial charge in [-0.15, -0.1) is 0 Å². The minimum Gasteiger partial charge on any atom is -0.351 e. The summed E-state index contributed by atoms with van der Waals surface area (Å²) >= 11 is 0. The maximum Gasteiger partial charge on any atom is 0.178 e. The van der Waals surface area contributed by atoms with Crippen LogP contribution >= 0.6 is 0 Å². The third-order valence-corrected chi connectivity index (χ3v) is 2.69. The van der Waals surface area contributed by atoms with Crippen LogP contribution in [0.2, 0.25) is 0 Å². The van der Waals surface area contributed by atoms with Crippen LogP contribution in [-0.4, -0.2) is 19.5 Å². The Balaban J connectivity index is 3.01. The summed E-state index contributed by atoms with van der Waals surface area (Å²) in [6.45, 7) is 6.64. The fourth-order valence-electron chi connectivity index (χ4n) is 1.83. The molecule has 4 nitrogen and oxygen atoms in total. The van der Waals surface area contributed by atoms with Crippen LogP contribution in [0, 0.1) is 12.7 Å². The van der Waals surface area contributed by atoms with Crippen LogP contribution < -0.4 is 11.3 Å². The molecule has 1 aromatic rings. The summed E-state index contributed by atoms with van der Waals surface area (Å²) in [6.07, 6.45) is -0.537. The van der Waals surface area contributed by atoms with Gasteiger partial charge in [-0.1, -0.05) is 6.07 Å². The molecule has 1 aromatic carbocycles. The third kappa shape index (κ3) is 3.74. The van der Waals surface area contributed by atoms with Gasteiger partial charge in [-0.3, -0.25) is 5.84 Å². The van der Waals surface area contributed by atoms with E-state index in [9.17, 15) is 4.39 Å². The van der Waals surface area contributed by atoms with Crippen LogP contribution in [-0.2, 0) is 9.47 Å². The van der Waals surface area contributed by atoms with Crippen molar-refractivity contribution < 1.29 is 13.9 Å². The molecule has 1 rings (SSSR count). The van der Waals surface area contributed by atoms with Gasteiger partial charge in [-0.25, -0.2) is 9.82 Å². The summed E-state index contributed by atoms with van der Waals surface area (Å²) in [5.41, 5.74) is 4.31. The van der Waals surface area contributed by atoms with Crippen LogP contribution in [0.5, 0.6) is 0 Å². The molecule has 0 bridgehead atoms. The fourth-order valence-corrected chi connectivity index (χ4v) is 1.83. The van der Waals surface area contributed by atoms with Gasteiger partial charge in [-0.05, 0) is 44.0 Å². The molecule has 3 N–H and O–H groups in total. The van der Waals surface area contributed by atoms with E-state index in [1.54, 1.807) is 6.07 Å². The standard InChI is InChI=1S/C13H21FN2O2/c1-4-17-13(18-5-2)12(16-15)11-8-10(14)7-6-9(11)3/h6-8,12-13,16H,4-5,15H2,1-3H3. The van der Waals surface area contributed by atoms with Crippen molar-refractivity contribution in [2.75, 3.05) is 13.2 Å². The number of benzene rings is 1. The minimum atomic E-state index is -0.537. The zero-order valence-corrected chi connectivity index (χ0v) is 11.1. The highest BCUT2D eigenvalue weighted by Gasteiger charge is 2.24. The molecule has 0 saturated carbocycles. The van der Waals surface area contributed by atoms with Gasteiger partial charge in [0, 0.05) is 13.2 Å². The number of aryl methyl sites for hydroxylation is 1. The van der Waals surface area contributed by atoms with Crippen molar-refractivity contribution in [1.29, 1.82) is 0 Å². The normalized spacial score (nSPS) is 13.0. The number of halogens is 1. The van der Waals surface area contributed by atoms with E-state index in [1.165, 1.54) is 12.1 Å². The smallest absolute Gasteiger partial charge is 0.178 e. The Morgan fingerprint density at radius 2 is 1.89 bits per heavy atom. The topological polar surface area (TPSA) is 56.5 Å². The first-order chi connectivity index (χ1) is 8.63. The Morgan fingerprint density at radius 1 is 1.28 bits per heavy atom. The largest absolute Gasteiger partial charge is 0.351 e. The number of ether oxygens (including phenoxy) is 2. The van der Waals surface area contributed by atoms with Gasteiger partial charge in [0.05, 0.1) is 6.04 Å². The predicted molar refractivity (Wildman–Crippen MR) is 68.2 cm³/mol. The quantitative estimate of drug-likeness (QED) is 0.445. The van der Waals surface area contributed by atoms with Gasteiger partial charge in [0.15, 0.2) is 6.29 Å². The number of nitrogens with two attached hydrogens (primary N) is 1. The molecule has 0 fully saturated rings. The second kappa shape index (κ2) is 7.43. The van der Waals surface area contributed by atoms with E-state index in [4.69, 9.17) is 15.3 Å². The van der Waals surface area contributed by atoms with E-state index in [1.807, 2.05) is 20.8 Å². The number of hydrogen-bond donors (Lipinski definition) is 2. The lowest BCUT2D eigenvalue weighted by atomic mass is 10.0. The average molecular weight is 256 g/mol. The summed E-state index contributed by atoms with van der Waals surface area (Å²) in [5.74, 6) is 5.25. The van der Waals surface area contributed by atoms with Crippen LogP contribution in [0.25, 0.3) is 0 Å². The molecule has 102 valence electrons. The number of hydrogen-bond acceptors (Lipinski definition) is 4. The molecule has 18 heavy (non-hydrogen) atoms. The van der Waals surface area contributed by atoms with E-state index in [0.29, 0.717) is 13.2 Å². The molecular weight excluding hydrogens is 235 g/mol. The SMILES string of the molecule is CCOC(OCC)C(NN)c1cc(F)ccc1C. The summed E-state index contributed by atoms with van der Waals surface area (Å²) in [4.78, 5) is 0. The lowest BCUT2D eigenvalue weighted by Crippen LogP contribution is -2.40. The molecule has 1 unspecified atom stereocenters. The first-order valence-electron chi connectivity index (χ1n) is 6.09. The van der Waals surface area contributed by atoms with Crippen molar-refractivity contribution in [3.05, 3.63) is 35.1 Å². The Morgan fingerprint density at radius 3 is 2.39 bits per heavy atom. The Bertz CT molecular complexity index is 368. The van der Waals surface area contributed by atoms with E-state index < -0.39 is 12.3 Å². The average Bonchev–Trinajstić information content (AvgIpc) is 2.35. The van der Waals surface area contributed by atoms with Crippen LogP contribution in [0.1, 0.15) is 31.0 Å². The first-order valence-corrected chi connectivity index (χ1v) is 6.09. The maximum atomic E-state index is 13.3. The highest BCUT2D eigenvalue weighted by Crippen LogP contribution is 2.23. The lowest BCUT2D eigenvalue weighted by molar-refractivity contribution is -0.155. The number of nitrogens with one attached hydrogen (secondary N) is 1. The second-order valence-electron chi connectivity index (χ2n) is 3.92. The number of hydrazine groups is 1. The monoisotopic (exact) mass is 256 g/mol. The molecule has 0 aliphatic carbocycles.